The van der Waals surface area contributed by atoms with E-state index < -0.39 is 61.9 Å². The lowest BCUT2D eigenvalue weighted by Gasteiger charge is -2.28. The number of alkyl carbamates (subject to hydrolysis) is 1. The number of ether oxygens (including phenoxy) is 1. The summed E-state index contributed by atoms with van der Waals surface area (Å²) in [6, 6.07) is -1.09. The highest BCUT2D eigenvalue weighted by Crippen LogP contribution is 2.51. The van der Waals surface area contributed by atoms with Crippen molar-refractivity contribution in [3.8, 4) is 0 Å². The number of sulfone groups is 1. The predicted octanol–water partition coefficient (Wildman–Crippen LogP) is -0.530. The fourth-order valence-electron chi connectivity index (χ4n) is 2.69. The van der Waals surface area contributed by atoms with Gasteiger partial charge < -0.3 is 20.5 Å². The number of hydrogen-bond acceptors (Lipinski definition) is 6. The second-order valence-corrected chi connectivity index (χ2v) is 9.28. The smallest absolute Gasteiger partial charge is 0.408 e. The first kappa shape index (κ1) is 18.5. The zero-order valence-electron chi connectivity index (χ0n) is 13.8. The molecule has 2 aliphatic rings. The molecule has 0 unspecified atom stereocenters. The minimum absolute atomic E-state index is 0.661. The van der Waals surface area contributed by atoms with E-state index in [0.717, 1.165) is 0 Å². The van der Waals surface area contributed by atoms with E-state index in [1.807, 2.05) is 0 Å². The van der Waals surface area contributed by atoms with E-state index in [4.69, 9.17) is 4.74 Å². The van der Waals surface area contributed by atoms with E-state index in [0.29, 0.717) is 0 Å². The maximum Gasteiger partial charge on any atom is 0.408 e. The van der Waals surface area contributed by atoms with Gasteiger partial charge >= 0.3 is 12.1 Å². The maximum atomic E-state index is 12.2. The molecule has 1 radical (unpaired) electrons. The lowest BCUT2D eigenvalue weighted by Crippen LogP contribution is -2.61. The number of carboxylic acids is 1. The minimum Gasteiger partial charge on any atom is -0.479 e. The Bertz CT molecular complexity index is 682. The third kappa shape index (κ3) is 3.47. The molecule has 1 heterocycles. The van der Waals surface area contributed by atoms with Crippen LogP contribution in [0.25, 0.3) is 0 Å². The van der Waals surface area contributed by atoms with Crippen molar-refractivity contribution in [2.24, 2.45) is 5.92 Å². The van der Waals surface area contributed by atoms with Gasteiger partial charge in [0, 0.05) is 5.92 Å². The molecule has 1 saturated heterocycles. The van der Waals surface area contributed by atoms with Crippen LogP contribution in [0.2, 0.25) is 0 Å². The van der Waals surface area contributed by atoms with Gasteiger partial charge in [0.15, 0.2) is 15.4 Å². The minimum atomic E-state index is -3.59. The molecule has 1 aliphatic carbocycles. The Morgan fingerprint density at radius 2 is 1.92 bits per heavy atom. The highest BCUT2D eigenvalue weighted by atomic mass is 32.2. The van der Waals surface area contributed by atoms with E-state index >= 15 is 0 Å². The van der Waals surface area contributed by atoms with E-state index in [1.165, 1.54) is 13.3 Å². The Hall–Kier alpha value is -1.84. The number of amides is 2. The van der Waals surface area contributed by atoms with E-state index in [1.54, 1.807) is 20.8 Å². The SMILES string of the molecule is C[C@H](NC(=O)OC(C)(C)C)C(=O)N[C@@]1(C(=O)O)CS(=O)(=O)[C@H]2[CH][C@H]21. The Kier molecular flexibility index (Phi) is 4.32. The fourth-order valence-corrected chi connectivity index (χ4v) is 5.00. The van der Waals surface area contributed by atoms with Gasteiger partial charge in [0.1, 0.15) is 11.6 Å². The zero-order chi connectivity index (χ0) is 18.5. The van der Waals surface area contributed by atoms with Crippen molar-refractivity contribution in [3.05, 3.63) is 6.42 Å². The van der Waals surface area contributed by atoms with Crippen LogP contribution >= 0.6 is 0 Å². The summed E-state index contributed by atoms with van der Waals surface area (Å²) in [6.07, 6.45) is 0.559. The normalized spacial score (nSPS) is 31.5. The van der Waals surface area contributed by atoms with Crippen molar-refractivity contribution < 1.29 is 32.6 Å². The van der Waals surface area contributed by atoms with Crippen LogP contribution < -0.4 is 10.6 Å². The molecule has 1 aliphatic heterocycles. The molecule has 0 aromatic carbocycles. The summed E-state index contributed by atoms with van der Waals surface area (Å²) < 4.78 is 28.8. The van der Waals surface area contributed by atoms with Crippen molar-refractivity contribution >= 4 is 27.8 Å². The molecule has 3 N–H and O–H groups in total. The summed E-state index contributed by atoms with van der Waals surface area (Å²) in [5.74, 6) is -3.62. The van der Waals surface area contributed by atoms with Crippen LogP contribution in [0.1, 0.15) is 27.7 Å². The molecule has 1 saturated carbocycles. The van der Waals surface area contributed by atoms with Gasteiger partial charge in [-0.05, 0) is 34.1 Å². The lowest BCUT2D eigenvalue weighted by atomic mass is 9.95. The van der Waals surface area contributed by atoms with Gasteiger partial charge in [-0.1, -0.05) is 0 Å². The largest absolute Gasteiger partial charge is 0.479 e. The van der Waals surface area contributed by atoms with Gasteiger partial charge in [0.05, 0.1) is 11.0 Å². The van der Waals surface area contributed by atoms with Gasteiger partial charge in [-0.25, -0.2) is 18.0 Å². The summed E-state index contributed by atoms with van der Waals surface area (Å²) >= 11 is 0. The van der Waals surface area contributed by atoms with Crippen LogP contribution in [-0.2, 0) is 24.2 Å². The molecule has 10 heteroatoms. The second kappa shape index (κ2) is 5.61. The summed E-state index contributed by atoms with van der Waals surface area (Å²) in [5.41, 5.74) is -2.64. The molecule has 4 atom stereocenters. The van der Waals surface area contributed by atoms with Gasteiger partial charge in [-0.3, -0.25) is 4.79 Å². The fraction of sp³-hybridized carbons (Fsp3) is 0.714. The number of nitrogens with one attached hydrogen (secondary N) is 2. The van der Waals surface area contributed by atoms with E-state index in [-0.39, 0.29) is 0 Å². The number of aliphatic carboxylic acids is 1. The van der Waals surface area contributed by atoms with Crippen molar-refractivity contribution in [2.45, 2.75) is 50.1 Å². The summed E-state index contributed by atoms with van der Waals surface area (Å²) in [7, 11) is -3.59. The monoisotopic (exact) mass is 361 g/mol. The van der Waals surface area contributed by atoms with Gasteiger partial charge in [-0.2, -0.15) is 0 Å². The molecular formula is C14H21N2O7S. The quantitative estimate of drug-likeness (QED) is 0.612. The molecule has 2 fully saturated rings. The summed E-state index contributed by atoms with van der Waals surface area (Å²) in [6.45, 7) is 6.32. The highest BCUT2D eigenvalue weighted by molar-refractivity contribution is 7.93. The zero-order valence-corrected chi connectivity index (χ0v) is 14.6. The first-order valence-electron chi connectivity index (χ1n) is 7.40. The molecule has 2 amide bonds. The number of hydrogen-bond donors (Lipinski definition) is 3. The van der Waals surface area contributed by atoms with Crippen LogP contribution in [0.15, 0.2) is 0 Å². The Morgan fingerprint density at radius 1 is 1.33 bits per heavy atom. The Labute approximate surface area is 140 Å². The van der Waals surface area contributed by atoms with Gasteiger partial charge in [-0.15, -0.1) is 0 Å². The third-order valence-corrected chi connectivity index (χ3v) is 6.01. The van der Waals surface area contributed by atoms with Crippen molar-refractivity contribution in [1.29, 1.82) is 0 Å². The average molecular weight is 361 g/mol. The first-order chi connectivity index (χ1) is 10.8. The summed E-state index contributed by atoms with van der Waals surface area (Å²) in [4.78, 5) is 35.5. The van der Waals surface area contributed by atoms with Gasteiger partial charge in [0.25, 0.3) is 0 Å². The van der Waals surface area contributed by atoms with Gasteiger partial charge in [0.2, 0.25) is 5.91 Å². The topological polar surface area (TPSA) is 139 Å². The molecule has 9 nitrogen and oxygen atoms in total. The van der Waals surface area contributed by atoms with E-state index in [9.17, 15) is 27.9 Å². The van der Waals surface area contributed by atoms with Crippen LogP contribution in [0.3, 0.4) is 0 Å². The molecule has 135 valence electrons. The van der Waals surface area contributed by atoms with Crippen molar-refractivity contribution in [1.82, 2.24) is 10.6 Å². The predicted molar refractivity (Wildman–Crippen MR) is 82.7 cm³/mol. The molecule has 24 heavy (non-hydrogen) atoms. The molecule has 0 aromatic heterocycles. The Morgan fingerprint density at radius 3 is 2.29 bits per heavy atom. The van der Waals surface area contributed by atoms with Crippen LogP contribution in [-0.4, -0.2) is 59.7 Å². The molecule has 2 rings (SSSR count). The standard InChI is InChI=1S/C14H21N2O7S/c1-7(15-12(20)23-13(2,3)4)10(17)16-14(11(18)19)6-24(21,22)9-5-8(9)14/h5,7-9H,6H2,1-4H3,(H,15,20)(H,16,17)(H,18,19)/t7-,8+,9-,14-/m0/s1. The molecular weight excluding hydrogens is 340 g/mol. The summed E-state index contributed by atoms with van der Waals surface area (Å²) in [5, 5.41) is 13.2. The lowest BCUT2D eigenvalue weighted by molar-refractivity contribution is -0.147. The number of rotatable bonds is 4. The van der Waals surface area contributed by atoms with Crippen LogP contribution in [0.4, 0.5) is 4.79 Å². The van der Waals surface area contributed by atoms with Crippen molar-refractivity contribution in [3.63, 3.8) is 0 Å². The number of carbonyl (C=O) groups excluding carboxylic acids is 2. The molecule has 0 bridgehead atoms. The highest BCUT2D eigenvalue weighted by Gasteiger charge is 2.71. The first-order valence-corrected chi connectivity index (χ1v) is 9.11. The number of carboxylic acid groups (broad SMARTS) is 1. The second-order valence-electron chi connectivity index (χ2n) is 7.12. The third-order valence-electron chi connectivity index (χ3n) is 3.88. The molecule has 0 aromatic rings. The van der Waals surface area contributed by atoms with E-state index in [2.05, 4.69) is 10.6 Å². The van der Waals surface area contributed by atoms with Crippen LogP contribution in [0, 0.1) is 12.3 Å². The van der Waals surface area contributed by atoms with Crippen molar-refractivity contribution in [2.75, 3.05) is 5.75 Å². The van der Waals surface area contributed by atoms with Crippen LogP contribution in [0.5, 0.6) is 0 Å². The molecule has 0 spiro atoms. The maximum absolute atomic E-state index is 12.2. The number of fused-ring (bicyclic) bond motifs is 1. The Balaban J connectivity index is 2.05. The number of carbonyl (C=O) groups is 3. The average Bonchev–Trinajstić information content (AvgIpc) is 3.11.